The third kappa shape index (κ3) is 2.24. The summed E-state index contributed by atoms with van der Waals surface area (Å²) in [4.78, 5) is 15.5. The number of rotatable bonds is 4. The van der Waals surface area contributed by atoms with Gasteiger partial charge in [0.15, 0.2) is 0 Å². The number of nitro benzene ring substituents is 1. The van der Waals surface area contributed by atoms with Crippen LogP contribution in [-0.2, 0) is 5.54 Å². The molecular weight excluding hydrogens is 276 g/mol. The van der Waals surface area contributed by atoms with Crippen LogP contribution in [-0.4, -0.2) is 11.1 Å². The number of nitrogens with zero attached hydrogens (tertiary/aromatic N) is 2. The van der Waals surface area contributed by atoms with Gasteiger partial charge < -0.3 is 0 Å². The van der Waals surface area contributed by atoms with Gasteiger partial charge in [-0.25, -0.2) is 0 Å². The van der Waals surface area contributed by atoms with Gasteiger partial charge in [0, 0.05) is 17.3 Å². The lowest BCUT2D eigenvalue weighted by atomic mass is 9.77. The molecule has 1 aromatic carbocycles. The molecule has 106 valence electrons. The van der Waals surface area contributed by atoms with Gasteiger partial charge in [0.05, 0.1) is 10.5 Å². The van der Waals surface area contributed by atoms with E-state index in [0.717, 1.165) is 6.42 Å². The van der Waals surface area contributed by atoms with Crippen LogP contribution >= 0.6 is 11.6 Å². The molecule has 1 aromatic rings. The van der Waals surface area contributed by atoms with E-state index in [-0.39, 0.29) is 16.5 Å². The normalized spacial score (nSPS) is 22.2. The molecule has 1 heterocycles. The fourth-order valence-corrected chi connectivity index (χ4v) is 2.73. The fraction of sp³-hybridized carbons (Fsp3) is 0.400. The zero-order valence-electron chi connectivity index (χ0n) is 11.8. The minimum absolute atomic E-state index is 0.0795. The van der Waals surface area contributed by atoms with E-state index in [0.29, 0.717) is 16.1 Å². The maximum absolute atomic E-state index is 11.4. The predicted molar refractivity (Wildman–Crippen MR) is 81.6 cm³/mol. The zero-order chi connectivity index (χ0) is 14.9. The molecule has 2 atom stereocenters. The molecule has 1 aliphatic rings. The molecular formula is C15H17ClN2O2. The van der Waals surface area contributed by atoms with Crippen molar-refractivity contribution in [3.8, 4) is 0 Å². The molecule has 0 aromatic heterocycles. The van der Waals surface area contributed by atoms with E-state index in [1.807, 2.05) is 19.1 Å². The Morgan fingerprint density at radius 2 is 2.20 bits per heavy atom. The maximum atomic E-state index is 11.4. The second-order valence-electron chi connectivity index (χ2n) is 5.15. The van der Waals surface area contributed by atoms with Gasteiger partial charge in [0.25, 0.3) is 5.69 Å². The largest absolute Gasteiger partial charge is 0.277 e. The number of aryl methyl sites for hydroxylation is 1. The molecule has 0 saturated carbocycles. The molecule has 2 unspecified atom stereocenters. The van der Waals surface area contributed by atoms with Crippen LogP contribution < -0.4 is 0 Å². The Balaban J connectivity index is 2.72. The second kappa shape index (κ2) is 5.37. The number of aliphatic imine (C=N–C) groups is 1. The van der Waals surface area contributed by atoms with Crippen molar-refractivity contribution in [3.63, 3.8) is 0 Å². The van der Waals surface area contributed by atoms with Gasteiger partial charge in [-0.05, 0) is 30.5 Å². The van der Waals surface area contributed by atoms with Crippen LogP contribution in [0.1, 0.15) is 31.4 Å². The molecule has 0 aliphatic carbocycles. The summed E-state index contributed by atoms with van der Waals surface area (Å²) < 4.78 is 0. The zero-order valence-corrected chi connectivity index (χ0v) is 12.5. The maximum Gasteiger partial charge on any atom is 0.275 e. The van der Waals surface area contributed by atoms with Crippen molar-refractivity contribution in [1.29, 1.82) is 0 Å². The van der Waals surface area contributed by atoms with Crippen molar-refractivity contribution >= 4 is 23.5 Å². The van der Waals surface area contributed by atoms with Crippen LogP contribution in [0.3, 0.4) is 0 Å². The molecule has 0 spiro atoms. The van der Waals surface area contributed by atoms with Crippen LogP contribution in [0, 0.1) is 23.0 Å². The molecule has 5 heteroatoms. The Labute approximate surface area is 123 Å². The van der Waals surface area contributed by atoms with Crippen LogP contribution in [0.2, 0.25) is 5.02 Å². The van der Waals surface area contributed by atoms with Gasteiger partial charge in [0.1, 0.15) is 5.54 Å². The average molecular weight is 293 g/mol. The predicted octanol–water partition coefficient (Wildman–Crippen LogP) is 4.44. The standard InChI is InChI=1S/C15H17ClN2O2/c1-4-11(3)15(6-5-7-17-15)12-9-13(16)10(2)8-14(12)18(19)20/h5-9,11H,4H2,1-3H3. The third-order valence-corrected chi connectivity index (χ3v) is 4.40. The Kier molecular flexibility index (Phi) is 3.95. The first-order valence-corrected chi connectivity index (χ1v) is 6.98. The fourth-order valence-electron chi connectivity index (χ4n) is 2.56. The molecule has 2 rings (SSSR count). The number of allylic oxidation sites excluding steroid dienone is 1. The van der Waals surface area contributed by atoms with Crippen LogP contribution in [0.4, 0.5) is 5.69 Å². The summed E-state index contributed by atoms with van der Waals surface area (Å²) in [5.74, 6) is 0.148. The number of hydrogen-bond donors (Lipinski definition) is 0. The summed E-state index contributed by atoms with van der Waals surface area (Å²) >= 11 is 6.18. The highest BCUT2D eigenvalue weighted by molar-refractivity contribution is 6.31. The summed E-state index contributed by atoms with van der Waals surface area (Å²) in [6.07, 6.45) is 6.33. The summed E-state index contributed by atoms with van der Waals surface area (Å²) in [6, 6.07) is 3.22. The van der Waals surface area contributed by atoms with Crippen molar-refractivity contribution in [2.45, 2.75) is 32.7 Å². The lowest BCUT2D eigenvalue weighted by Gasteiger charge is -2.31. The number of hydrogen-bond acceptors (Lipinski definition) is 3. The molecule has 20 heavy (non-hydrogen) atoms. The van der Waals surface area contributed by atoms with Gasteiger partial charge in [0.2, 0.25) is 0 Å². The van der Waals surface area contributed by atoms with E-state index >= 15 is 0 Å². The topological polar surface area (TPSA) is 55.5 Å². The van der Waals surface area contributed by atoms with E-state index in [2.05, 4.69) is 11.9 Å². The minimum atomic E-state index is -0.686. The lowest BCUT2D eigenvalue weighted by molar-refractivity contribution is -0.386. The van der Waals surface area contributed by atoms with E-state index in [1.165, 1.54) is 6.07 Å². The van der Waals surface area contributed by atoms with Crippen LogP contribution in [0.5, 0.6) is 0 Å². The Hall–Kier alpha value is -1.68. The van der Waals surface area contributed by atoms with Crippen molar-refractivity contribution < 1.29 is 4.92 Å². The molecule has 0 radical (unpaired) electrons. The monoisotopic (exact) mass is 292 g/mol. The van der Waals surface area contributed by atoms with Crippen molar-refractivity contribution in [3.05, 3.63) is 50.5 Å². The highest BCUT2D eigenvalue weighted by atomic mass is 35.5. The van der Waals surface area contributed by atoms with E-state index in [1.54, 1.807) is 19.2 Å². The highest BCUT2D eigenvalue weighted by Crippen LogP contribution is 2.44. The quantitative estimate of drug-likeness (QED) is 0.608. The lowest BCUT2D eigenvalue weighted by Crippen LogP contribution is -2.29. The number of nitro groups is 1. The second-order valence-corrected chi connectivity index (χ2v) is 5.55. The first-order valence-electron chi connectivity index (χ1n) is 6.60. The van der Waals surface area contributed by atoms with Gasteiger partial charge >= 0.3 is 0 Å². The van der Waals surface area contributed by atoms with Gasteiger partial charge in [-0.3, -0.25) is 15.1 Å². The summed E-state index contributed by atoms with van der Waals surface area (Å²) in [6.45, 7) is 5.86. The van der Waals surface area contributed by atoms with E-state index < -0.39 is 5.54 Å². The molecule has 0 amide bonds. The van der Waals surface area contributed by atoms with Crippen molar-refractivity contribution in [1.82, 2.24) is 0 Å². The molecule has 0 saturated heterocycles. The molecule has 1 aliphatic heterocycles. The molecule has 0 fully saturated rings. The smallest absolute Gasteiger partial charge is 0.275 e. The number of halogens is 1. The Morgan fingerprint density at radius 3 is 2.70 bits per heavy atom. The summed E-state index contributed by atoms with van der Waals surface area (Å²) in [5.41, 5.74) is 0.662. The van der Waals surface area contributed by atoms with Crippen LogP contribution in [0.25, 0.3) is 0 Å². The van der Waals surface area contributed by atoms with Crippen molar-refractivity contribution in [2.75, 3.05) is 0 Å². The molecule has 0 N–H and O–H groups in total. The Bertz CT molecular complexity index is 596. The minimum Gasteiger partial charge on any atom is -0.277 e. The first-order chi connectivity index (χ1) is 9.42. The van der Waals surface area contributed by atoms with Crippen LogP contribution in [0.15, 0.2) is 29.3 Å². The van der Waals surface area contributed by atoms with Gasteiger partial charge in [-0.1, -0.05) is 37.9 Å². The first kappa shape index (κ1) is 14.7. The molecule has 0 bridgehead atoms. The highest BCUT2D eigenvalue weighted by Gasteiger charge is 2.40. The summed E-state index contributed by atoms with van der Waals surface area (Å²) in [7, 11) is 0. The Morgan fingerprint density at radius 1 is 1.50 bits per heavy atom. The van der Waals surface area contributed by atoms with Gasteiger partial charge in [-0.15, -0.1) is 0 Å². The van der Waals surface area contributed by atoms with E-state index in [9.17, 15) is 10.1 Å². The average Bonchev–Trinajstić information content (AvgIpc) is 2.90. The van der Waals surface area contributed by atoms with Crippen molar-refractivity contribution in [2.24, 2.45) is 10.9 Å². The third-order valence-electron chi connectivity index (χ3n) is 3.99. The summed E-state index contributed by atoms with van der Waals surface area (Å²) in [5, 5.41) is 11.9. The molecule has 4 nitrogen and oxygen atoms in total. The van der Waals surface area contributed by atoms with E-state index in [4.69, 9.17) is 11.6 Å². The van der Waals surface area contributed by atoms with Gasteiger partial charge in [-0.2, -0.15) is 0 Å². The SMILES string of the molecule is CCC(C)C1(c2cc(Cl)c(C)cc2[N+](=O)[O-])C=CC=N1. The number of benzene rings is 1.